The van der Waals surface area contributed by atoms with Gasteiger partial charge >= 0.3 is 42.7 Å². The Morgan fingerprint density at radius 3 is 1.52 bits per heavy atom. The lowest BCUT2D eigenvalue weighted by atomic mass is 10.1. The highest BCUT2D eigenvalue weighted by atomic mass is 31.2. The minimum Gasteiger partial charge on any atom is -0.387 e. The van der Waals surface area contributed by atoms with Gasteiger partial charge in [0.25, 0.3) is 11.1 Å². The number of imidazole rings is 2. The standard InChI is InChI=1S/C38H49N15O29P4/c39-16-1-3-50(37(61)46-16)33-22(57)25(13(77-33)6-72-83(63,64)65)80-85(68,69)75-8-15-27(24(59)35(79-15)52-10-44-18-28(40)42-9-43-29(18)52)82-86(70,71)74-7-14-26(23(58)34(78-14)51-4-2-17(54)47-38(51)62)81-84(66,67)73-5-12-20(55)21(56)32(76-12)53-11-45-19-30(53)48-36(41)49-31(19)60/h1-4,9-15,20-27,32-35,55-59H,5-8H2,(H,66,67)(H,68,69)(H,70,71)(H2,39,46,61)(H2,40,42,43)(H,47,54,62)(H2,63,64,65)(H3,41,48,49,60). The largest absolute Gasteiger partial charge is 0.472 e. The molecule has 0 aliphatic carbocycles. The quantitative estimate of drug-likeness (QED) is 0.0281. The first-order valence-corrected chi connectivity index (χ1v) is 30.4. The molecule has 0 spiro atoms. The van der Waals surface area contributed by atoms with Crippen molar-refractivity contribution >= 4 is 71.2 Å². The van der Waals surface area contributed by atoms with Crippen LogP contribution in [-0.4, -0.2) is 208 Å². The van der Waals surface area contributed by atoms with Gasteiger partial charge in [0.1, 0.15) is 90.9 Å². The second-order valence-electron chi connectivity index (χ2n) is 18.9. The molecule has 10 heterocycles. The van der Waals surface area contributed by atoms with E-state index in [9.17, 15) is 87.4 Å². The van der Waals surface area contributed by atoms with Crippen molar-refractivity contribution < 1.29 is 119 Å². The molecule has 19 unspecified atom stereocenters. The normalized spacial score (nSPS) is 31.8. The van der Waals surface area contributed by atoms with Crippen molar-refractivity contribution in [3.8, 4) is 0 Å². The molecule has 4 fully saturated rings. The minimum absolute atomic E-state index is 0.0502. The molecule has 4 saturated heterocycles. The fraction of sp³-hybridized carbons (Fsp3) is 0.526. The summed E-state index contributed by atoms with van der Waals surface area (Å²) in [6.45, 7) is -4.82. The zero-order chi connectivity index (χ0) is 62.1. The highest BCUT2D eigenvalue weighted by Crippen LogP contribution is 2.54. The number of aliphatic hydroxyl groups is 5. The zero-order valence-electron chi connectivity index (χ0n) is 42.8. The van der Waals surface area contributed by atoms with Gasteiger partial charge < -0.3 is 86.1 Å². The number of hydrogen-bond donors (Lipinski definition) is 15. The molecule has 0 aromatic carbocycles. The fourth-order valence-electron chi connectivity index (χ4n) is 9.40. The Bertz CT molecular complexity index is 3960. The molecule has 6 aromatic heterocycles. The van der Waals surface area contributed by atoms with Crippen LogP contribution in [0.4, 0.5) is 17.6 Å². The smallest absolute Gasteiger partial charge is 0.387 e. The highest BCUT2D eigenvalue weighted by molar-refractivity contribution is 7.48. The second kappa shape index (κ2) is 24.1. The molecule has 4 aliphatic heterocycles. The number of phosphoric ester groups is 4. The Hall–Kier alpha value is -6.06. The minimum atomic E-state index is -5.79. The van der Waals surface area contributed by atoms with Gasteiger partial charge in [0.05, 0.1) is 39.1 Å². The Morgan fingerprint density at radius 2 is 0.988 bits per heavy atom. The summed E-state index contributed by atoms with van der Waals surface area (Å²) < 4.78 is 115. The van der Waals surface area contributed by atoms with Crippen LogP contribution in [0.5, 0.6) is 0 Å². The van der Waals surface area contributed by atoms with E-state index in [1.54, 1.807) is 0 Å². The number of nitrogens with two attached hydrogens (primary N) is 3. The van der Waals surface area contributed by atoms with Gasteiger partial charge in [-0.25, -0.2) is 47.8 Å². The summed E-state index contributed by atoms with van der Waals surface area (Å²) in [6, 6.07) is 1.91. The summed E-state index contributed by atoms with van der Waals surface area (Å²) >= 11 is 0. The first kappa shape index (κ1) is 63.0. The SMILES string of the molecule is Nc1ccn(C2OC(COP(=O)(O)O)C(OP(=O)(O)OCC3OC(n4cnc5c(N)ncnc54)C(O)C3OP(=O)(O)OCC3OC(n4ccc(=O)[nH]c4=O)C(O)C3OP(=O)(O)OCC3OC(n4cnc5c(=O)[nH]c(N)nc54)C(O)C3O)C2O)c(=O)n1. The van der Waals surface area contributed by atoms with Crippen molar-refractivity contribution in [3.05, 3.63) is 85.2 Å². The van der Waals surface area contributed by atoms with Gasteiger partial charge in [-0.2, -0.15) is 9.97 Å². The predicted molar refractivity (Wildman–Crippen MR) is 272 cm³/mol. The van der Waals surface area contributed by atoms with Crippen LogP contribution < -0.4 is 39.7 Å². The topological polar surface area (TPSA) is 647 Å². The van der Waals surface area contributed by atoms with Gasteiger partial charge in [-0.3, -0.25) is 69.5 Å². The lowest BCUT2D eigenvalue weighted by molar-refractivity contribution is -0.0645. The third kappa shape index (κ3) is 13.2. The number of rotatable bonds is 22. The van der Waals surface area contributed by atoms with E-state index in [2.05, 4.69) is 39.4 Å². The number of H-pyrrole nitrogens is 2. The fourth-order valence-corrected chi connectivity index (χ4v) is 12.6. The molecule has 19 atom stereocenters. The maximum atomic E-state index is 14.0. The number of aliphatic hydroxyl groups excluding tert-OH is 5. The number of hydrogen-bond acceptors (Lipinski definition) is 33. The van der Waals surface area contributed by atoms with Crippen LogP contribution in [0.25, 0.3) is 22.3 Å². The third-order valence-electron chi connectivity index (χ3n) is 13.3. The molecule has 48 heteroatoms. The van der Waals surface area contributed by atoms with Gasteiger partial charge in [-0.1, -0.05) is 0 Å². The van der Waals surface area contributed by atoms with Crippen molar-refractivity contribution in [1.29, 1.82) is 0 Å². The molecule has 10 rings (SSSR count). The molecule has 470 valence electrons. The number of anilines is 3. The maximum Gasteiger partial charge on any atom is 0.472 e. The van der Waals surface area contributed by atoms with Gasteiger partial charge in [0, 0.05) is 18.5 Å². The van der Waals surface area contributed by atoms with E-state index in [1.807, 2.05) is 4.98 Å². The monoisotopic (exact) mass is 1300 g/mol. The average molecular weight is 1300 g/mol. The maximum absolute atomic E-state index is 14.0. The second-order valence-corrected chi connectivity index (χ2v) is 24.4. The van der Waals surface area contributed by atoms with E-state index in [1.165, 1.54) is 0 Å². The average Bonchev–Trinajstić information content (AvgIpc) is 4.49. The van der Waals surface area contributed by atoms with Crippen LogP contribution in [0.2, 0.25) is 0 Å². The first-order valence-electron chi connectivity index (χ1n) is 24.4. The molecule has 0 radical (unpaired) electrons. The summed E-state index contributed by atoms with van der Waals surface area (Å²) in [6.07, 6.45) is -26.6. The summed E-state index contributed by atoms with van der Waals surface area (Å²) in [4.78, 5) is 129. The van der Waals surface area contributed by atoms with Crippen molar-refractivity contribution in [3.63, 3.8) is 0 Å². The highest BCUT2D eigenvalue weighted by Gasteiger charge is 2.55. The van der Waals surface area contributed by atoms with Crippen molar-refractivity contribution in [2.75, 3.05) is 43.6 Å². The number of aromatic nitrogens is 12. The number of phosphoric acid groups is 4. The van der Waals surface area contributed by atoms with Crippen molar-refractivity contribution in [2.45, 2.75) is 98.2 Å². The Morgan fingerprint density at radius 1 is 0.523 bits per heavy atom. The molecule has 0 saturated carbocycles. The van der Waals surface area contributed by atoms with Crippen LogP contribution in [0.1, 0.15) is 24.9 Å². The molecular formula is C38H49N15O29P4. The van der Waals surface area contributed by atoms with Crippen molar-refractivity contribution in [2.24, 2.45) is 0 Å². The first-order chi connectivity index (χ1) is 40.4. The van der Waals surface area contributed by atoms with Crippen molar-refractivity contribution in [1.82, 2.24) is 58.1 Å². The van der Waals surface area contributed by atoms with Crippen LogP contribution >= 0.6 is 31.3 Å². The molecule has 44 nitrogen and oxygen atoms in total. The van der Waals surface area contributed by atoms with Gasteiger partial charge in [0.15, 0.2) is 47.5 Å². The number of nitrogens with zero attached hydrogens (tertiary/aromatic N) is 10. The summed E-state index contributed by atoms with van der Waals surface area (Å²) in [5, 5.41) is 56.3. The molecule has 86 heavy (non-hydrogen) atoms. The molecular weight excluding hydrogens is 1250 g/mol. The number of nitrogen functional groups attached to an aromatic ring is 3. The predicted octanol–water partition coefficient (Wildman–Crippen LogP) is -6.48. The lowest BCUT2D eigenvalue weighted by Crippen LogP contribution is -2.39. The molecule has 4 aliphatic rings. The molecule has 0 amide bonds. The summed E-state index contributed by atoms with van der Waals surface area (Å²) in [5.41, 5.74) is 12.5. The van der Waals surface area contributed by atoms with Crippen LogP contribution in [0.3, 0.4) is 0 Å². The van der Waals surface area contributed by atoms with E-state index < -0.39 is 178 Å². The summed E-state index contributed by atoms with van der Waals surface area (Å²) in [7, 11) is -22.4. The Balaban J connectivity index is 0.863. The molecule has 6 aromatic rings. The van der Waals surface area contributed by atoms with E-state index in [0.29, 0.717) is 9.13 Å². The van der Waals surface area contributed by atoms with E-state index in [4.69, 9.17) is 63.3 Å². The zero-order valence-corrected chi connectivity index (χ0v) is 46.4. The van der Waals surface area contributed by atoms with Gasteiger partial charge in [-0.05, 0) is 6.07 Å². The van der Waals surface area contributed by atoms with Gasteiger partial charge in [-0.15, -0.1) is 0 Å². The number of fused-ring (bicyclic) bond motifs is 2. The third-order valence-corrected chi connectivity index (χ3v) is 16.7. The van der Waals surface area contributed by atoms with Crippen LogP contribution in [0, 0.1) is 0 Å². The Kier molecular flexibility index (Phi) is 17.7. The summed E-state index contributed by atoms with van der Waals surface area (Å²) in [5.74, 6) is -0.782. The number of ether oxygens (including phenoxy) is 4. The van der Waals surface area contributed by atoms with E-state index in [-0.39, 0.29) is 39.9 Å². The van der Waals surface area contributed by atoms with E-state index >= 15 is 0 Å². The number of aromatic amines is 2. The van der Waals surface area contributed by atoms with Crippen LogP contribution in [0.15, 0.2) is 62.7 Å². The molecule has 0 bridgehead atoms. The van der Waals surface area contributed by atoms with Gasteiger partial charge in [0.2, 0.25) is 5.95 Å². The van der Waals surface area contributed by atoms with Crippen LogP contribution in [-0.2, 0) is 68.9 Å². The molecule has 18 N–H and O–H groups in total. The van der Waals surface area contributed by atoms with E-state index in [0.717, 1.165) is 52.6 Å². The lowest BCUT2D eigenvalue weighted by Gasteiger charge is -2.26. The number of nitrogens with one attached hydrogen (secondary N) is 2. The Labute approximate surface area is 474 Å².